The standard InChI is InChI=1S/C15H23Cl3Si/c1-9(2)12-7-13(10(3)4)15(19(16,17)18)14(8-12)11(5)6/h7-11H,1-6H3. The fourth-order valence-corrected chi connectivity index (χ4v) is 5.62. The van der Waals surface area contributed by atoms with Crippen LogP contribution >= 0.6 is 33.2 Å². The molecule has 0 bridgehead atoms. The Bertz CT molecular complexity index is 416. The highest BCUT2D eigenvalue weighted by Crippen LogP contribution is 2.32. The number of halogens is 3. The molecule has 4 heteroatoms. The molecule has 1 aromatic carbocycles. The molecule has 0 fully saturated rings. The molecule has 1 rings (SSSR count). The Kier molecular flexibility index (Phi) is 5.83. The molecule has 1 aromatic rings. The maximum absolute atomic E-state index is 6.36. The van der Waals surface area contributed by atoms with Crippen LogP contribution in [0.4, 0.5) is 0 Å². The molecule has 0 aliphatic carbocycles. The summed E-state index contributed by atoms with van der Waals surface area (Å²) in [5.74, 6) is 1.23. The van der Waals surface area contributed by atoms with Gasteiger partial charge in [-0.05, 0) is 39.6 Å². The molecule has 0 radical (unpaired) electrons. The SMILES string of the molecule is CC(C)c1cc(C(C)C)c([Si](Cl)(Cl)Cl)c(C(C)C)c1. The van der Waals surface area contributed by atoms with Gasteiger partial charge in [-0.2, -0.15) is 0 Å². The maximum atomic E-state index is 6.36. The lowest BCUT2D eigenvalue weighted by molar-refractivity contribution is 0.813. The van der Waals surface area contributed by atoms with Gasteiger partial charge in [0.1, 0.15) is 0 Å². The van der Waals surface area contributed by atoms with Crippen LogP contribution in [0.5, 0.6) is 0 Å². The maximum Gasteiger partial charge on any atom is 0.373 e. The lowest BCUT2D eigenvalue weighted by Crippen LogP contribution is -2.38. The van der Waals surface area contributed by atoms with Crippen LogP contribution in [0.3, 0.4) is 0 Å². The second kappa shape index (κ2) is 6.38. The molecule has 0 saturated heterocycles. The van der Waals surface area contributed by atoms with Crippen LogP contribution in [0, 0.1) is 0 Å². The van der Waals surface area contributed by atoms with Gasteiger partial charge in [0, 0.05) is 0 Å². The van der Waals surface area contributed by atoms with E-state index in [9.17, 15) is 0 Å². The lowest BCUT2D eigenvalue weighted by Gasteiger charge is -2.25. The van der Waals surface area contributed by atoms with Gasteiger partial charge in [-0.1, -0.05) is 53.7 Å². The van der Waals surface area contributed by atoms with E-state index in [0.29, 0.717) is 17.8 Å². The van der Waals surface area contributed by atoms with Gasteiger partial charge in [-0.25, -0.2) is 0 Å². The van der Waals surface area contributed by atoms with Crippen molar-refractivity contribution in [3.63, 3.8) is 0 Å². The molecule has 0 heterocycles. The van der Waals surface area contributed by atoms with Gasteiger partial charge in [0.2, 0.25) is 0 Å². The Morgan fingerprint density at radius 3 is 1.32 bits per heavy atom. The Morgan fingerprint density at radius 1 is 0.737 bits per heavy atom. The van der Waals surface area contributed by atoms with E-state index in [1.807, 2.05) is 0 Å². The van der Waals surface area contributed by atoms with Gasteiger partial charge < -0.3 is 0 Å². The molecule has 0 atom stereocenters. The molecule has 108 valence electrons. The van der Waals surface area contributed by atoms with E-state index in [1.54, 1.807) is 0 Å². The third kappa shape index (κ3) is 4.14. The topological polar surface area (TPSA) is 0 Å². The van der Waals surface area contributed by atoms with Crippen LogP contribution in [0.25, 0.3) is 0 Å². The fraction of sp³-hybridized carbons (Fsp3) is 0.600. The Labute approximate surface area is 132 Å². The quantitative estimate of drug-likeness (QED) is 0.472. The van der Waals surface area contributed by atoms with E-state index < -0.39 is 6.00 Å². The zero-order chi connectivity index (χ0) is 15.0. The largest absolute Gasteiger partial charge is 0.373 e. The van der Waals surface area contributed by atoms with Crippen molar-refractivity contribution in [2.75, 3.05) is 0 Å². The van der Waals surface area contributed by atoms with Crippen molar-refractivity contribution in [1.82, 2.24) is 0 Å². The summed E-state index contributed by atoms with van der Waals surface area (Å²) < 4.78 is 0. The molecular formula is C15H23Cl3Si. The zero-order valence-corrected chi connectivity index (χ0v) is 15.8. The van der Waals surface area contributed by atoms with E-state index in [2.05, 4.69) is 53.7 Å². The predicted octanol–water partition coefficient (Wildman–Crippen LogP) is 5.92. The number of hydrogen-bond donors (Lipinski definition) is 0. The summed E-state index contributed by atoms with van der Waals surface area (Å²) in [6, 6.07) is 1.57. The van der Waals surface area contributed by atoms with E-state index in [4.69, 9.17) is 33.2 Å². The van der Waals surface area contributed by atoms with Gasteiger partial charge in [0.25, 0.3) is 0 Å². The van der Waals surface area contributed by atoms with Crippen molar-refractivity contribution >= 4 is 44.4 Å². The average molecular weight is 338 g/mol. The normalized spacial score (nSPS) is 12.8. The average Bonchev–Trinajstić information content (AvgIpc) is 2.25. The van der Waals surface area contributed by atoms with Crippen LogP contribution in [0.15, 0.2) is 12.1 Å². The second-order valence-corrected chi connectivity index (χ2v) is 14.4. The summed E-state index contributed by atoms with van der Waals surface area (Å²) in [5.41, 5.74) is 3.75. The molecule has 0 saturated carbocycles. The molecule has 0 spiro atoms. The number of hydrogen-bond acceptors (Lipinski definition) is 0. The molecule has 0 amide bonds. The monoisotopic (exact) mass is 336 g/mol. The summed E-state index contributed by atoms with van der Waals surface area (Å²) in [7, 11) is 0. The van der Waals surface area contributed by atoms with Gasteiger partial charge in [0.05, 0.1) is 0 Å². The summed E-state index contributed by atoms with van der Waals surface area (Å²) >= 11 is 19.1. The zero-order valence-electron chi connectivity index (χ0n) is 12.5. The Hall–Kier alpha value is 0.307. The smallest absolute Gasteiger partial charge is 0.121 e. The van der Waals surface area contributed by atoms with E-state index in [0.717, 1.165) is 5.19 Å². The predicted molar refractivity (Wildman–Crippen MR) is 91.7 cm³/mol. The third-order valence-corrected chi connectivity index (χ3v) is 6.26. The first kappa shape index (κ1) is 17.4. The molecule has 0 aliphatic rings. The Morgan fingerprint density at radius 2 is 1.11 bits per heavy atom. The van der Waals surface area contributed by atoms with E-state index in [-0.39, 0.29) is 0 Å². The summed E-state index contributed by atoms with van der Waals surface area (Å²) in [6.07, 6.45) is 0. The third-order valence-electron chi connectivity index (χ3n) is 3.42. The van der Waals surface area contributed by atoms with Gasteiger partial charge in [0.15, 0.2) is 0 Å². The molecular weight excluding hydrogens is 315 g/mol. The van der Waals surface area contributed by atoms with Crippen molar-refractivity contribution in [3.8, 4) is 0 Å². The number of benzene rings is 1. The van der Waals surface area contributed by atoms with E-state index >= 15 is 0 Å². The van der Waals surface area contributed by atoms with Crippen molar-refractivity contribution in [2.24, 2.45) is 0 Å². The fourth-order valence-electron chi connectivity index (χ4n) is 2.28. The first-order chi connectivity index (χ1) is 8.55. The molecule has 0 aliphatic heterocycles. The minimum Gasteiger partial charge on any atom is -0.121 e. The van der Waals surface area contributed by atoms with Crippen molar-refractivity contribution < 1.29 is 0 Å². The van der Waals surface area contributed by atoms with Crippen molar-refractivity contribution in [3.05, 3.63) is 28.8 Å². The highest BCUT2D eigenvalue weighted by atomic mass is 35.8. The minimum atomic E-state index is -2.89. The van der Waals surface area contributed by atoms with Crippen molar-refractivity contribution in [1.29, 1.82) is 0 Å². The van der Waals surface area contributed by atoms with Crippen LogP contribution in [0.2, 0.25) is 0 Å². The van der Waals surface area contributed by atoms with Crippen LogP contribution in [-0.2, 0) is 0 Å². The van der Waals surface area contributed by atoms with Gasteiger partial charge in [-0.15, -0.1) is 33.2 Å². The summed E-state index contributed by atoms with van der Waals surface area (Å²) in [6.45, 7) is 13.1. The molecule has 0 aromatic heterocycles. The summed E-state index contributed by atoms with van der Waals surface area (Å²) in [5, 5.41) is 1.01. The van der Waals surface area contributed by atoms with E-state index in [1.165, 1.54) is 16.7 Å². The molecule has 0 unspecified atom stereocenters. The van der Waals surface area contributed by atoms with Crippen molar-refractivity contribution in [2.45, 2.75) is 59.3 Å². The molecule has 0 N–H and O–H groups in total. The first-order valence-electron chi connectivity index (χ1n) is 6.80. The second-order valence-electron chi connectivity index (χ2n) is 6.04. The lowest BCUT2D eigenvalue weighted by atomic mass is 9.89. The van der Waals surface area contributed by atoms with Gasteiger partial charge >= 0.3 is 6.00 Å². The van der Waals surface area contributed by atoms with Crippen LogP contribution in [0.1, 0.15) is 76.0 Å². The molecule has 0 nitrogen and oxygen atoms in total. The number of rotatable bonds is 4. The van der Waals surface area contributed by atoms with Crippen LogP contribution in [-0.4, -0.2) is 6.00 Å². The Balaban J connectivity index is 3.66. The first-order valence-corrected chi connectivity index (χ1v) is 11.8. The minimum absolute atomic E-state index is 0.370. The summed E-state index contributed by atoms with van der Waals surface area (Å²) in [4.78, 5) is 0. The van der Waals surface area contributed by atoms with Crippen LogP contribution < -0.4 is 5.19 Å². The highest BCUT2D eigenvalue weighted by molar-refractivity contribution is 7.69. The van der Waals surface area contributed by atoms with Gasteiger partial charge in [-0.3, -0.25) is 0 Å². The highest BCUT2D eigenvalue weighted by Gasteiger charge is 2.35. The molecule has 19 heavy (non-hydrogen) atoms.